The summed E-state index contributed by atoms with van der Waals surface area (Å²) in [4.78, 5) is 36.6. The second kappa shape index (κ2) is 13.3. The van der Waals surface area contributed by atoms with E-state index in [4.69, 9.17) is 9.47 Å². The molecule has 0 aliphatic carbocycles. The highest BCUT2D eigenvalue weighted by molar-refractivity contribution is 6.35. The quantitative estimate of drug-likeness (QED) is 0.230. The third kappa shape index (κ3) is 7.69. The van der Waals surface area contributed by atoms with Gasteiger partial charge in [0.15, 0.2) is 18.1 Å². The van der Waals surface area contributed by atoms with E-state index < -0.39 is 11.8 Å². The van der Waals surface area contributed by atoms with Crippen molar-refractivity contribution in [2.24, 2.45) is 5.10 Å². The van der Waals surface area contributed by atoms with Crippen molar-refractivity contribution < 1.29 is 23.9 Å². The lowest BCUT2D eigenvalue weighted by Crippen LogP contribution is -2.39. The van der Waals surface area contributed by atoms with Crippen LogP contribution in [0.2, 0.25) is 0 Å². The molecule has 9 nitrogen and oxygen atoms in total. The van der Waals surface area contributed by atoms with Crippen LogP contribution in [0.3, 0.4) is 0 Å². The van der Waals surface area contributed by atoms with Crippen LogP contribution >= 0.6 is 0 Å². The van der Waals surface area contributed by atoms with Gasteiger partial charge in [-0.15, -0.1) is 0 Å². The standard InChI is InChI=1S/C27H28N4O5/c1-19(21-12-7-4-8-13-21)30-26(33)27(34)31-29-17-22-14-9-15-23(35-2)25(22)36-18-24(32)28-16-20-10-5-3-6-11-20/h3-15,17,19H,16,18H2,1-2H3,(H,28,32)(H,30,33)(H,31,34)/b29-17-/t19-/m1/s1. The number of amides is 3. The number of hydrogen-bond acceptors (Lipinski definition) is 6. The number of hydrogen-bond donors (Lipinski definition) is 3. The predicted molar refractivity (Wildman–Crippen MR) is 136 cm³/mol. The predicted octanol–water partition coefficient (Wildman–Crippen LogP) is 2.72. The fourth-order valence-electron chi connectivity index (χ4n) is 3.23. The van der Waals surface area contributed by atoms with E-state index in [1.165, 1.54) is 13.3 Å². The zero-order chi connectivity index (χ0) is 25.8. The molecular formula is C27H28N4O5. The number of hydrazone groups is 1. The van der Waals surface area contributed by atoms with Crippen LogP contribution in [0.15, 0.2) is 84.0 Å². The molecule has 186 valence electrons. The Bertz CT molecular complexity index is 1200. The highest BCUT2D eigenvalue weighted by Gasteiger charge is 2.17. The largest absolute Gasteiger partial charge is 0.493 e. The molecule has 0 fully saturated rings. The molecule has 3 N–H and O–H groups in total. The van der Waals surface area contributed by atoms with Gasteiger partial charge in [0.05, 0.1) is 19.4 Å². The molecule has 3 amide bonds. The summed E-state index contributed by atoms with van der Waals surface area (Å²) in [7, 11) is 1.47. The highest BCUT2D eigenvalue weighted by atomic mass is 16.5. The molecule has 0 unspecified atom stereocenters. The van der Waals surface area contributed by atoms with Gasteiger partial charge in [-0.1, -0.05) is 66.7 Å². The maximum atomic E-state index is 12.3. The van der Waals surface area contributed by atoms with Crippen molar-refractivity contribution in [3.05, 3.63) is 95.6 Å². The summed E-state index contributed by atoms with van der Waals surface area (Å²) in [6.45, 7) is 1.90. The number of nitrogens with one attached hydrogen (secondary N) is 3. The normalized spacial score (nSPS) is 11.4. The molecule has 0 saturated heterocycles. The van der Waals surface area contributed by atoms with Gasteiger partial charge in [-0.2, -0.15) is 5.10 Å². The Hall–Kier alpha value is -4.66. The van der Waals surface area contributed by atoms with Crippen LogP contribution in [0.1, 0.15) is 29.7 Å². The van der Waals surface area contributed by atoms with Crippen LogP contribution < -0.4 is 25.5 Å². The summed E-state index contributed by atoms with van der Waals surface area (Å²) in [5.74, 6) is -1.39. The number of carbonyl (C=O) groups excluding carboxylic acids is 3. The van der Waals surface area contributed by atoms with E-state index in [1.54, 1.807) is 25.1 Å². The average molecular weight is 489 g/mol. The van der Waals surface area contributed by atoms with E-state index in [-0.39, 0.29) is 24.3 Å². The van der Waals surface area contributed by atoms with Crippen molar-refractivity contribution in [2.75, 3.05) is 13.7 Å². The Morgan fingerprint density at radius 1 is 0.917 bits per heavy atom. The van der Waals surface area contributed by atoms with E-state index in [1.807, 2.05) is 60.7 Å². The molecule has 36 heavy (non-hydrogen) atoms. The van der Waals surface area contributed by atoms with Crippen LogP contribution in [0, 0.1) is 0 Å². The smallest absolute Gasteiger partial charge is 0.329 e. The van der Waals surface area contributed by atoms with Gasteiger partial charge in [0.1, 0.15) is 0 Å². The first-order valence-corrected chi connectivity index (χ1v) is 11.3. The van der Waals surface area contributed by atoms with Crippen molar-refractivity contribution in [3.63, 3.8) is 0 Å². The number of carbonyl (C=O) groups is 3. The number of methoxy groups -OCH3 is 1. The SMILES string of the molecule is COc1cccc(/C=N\NC(=O)C(=O)N[C@H](C)c2ccccc2)c1OCC(=O)NCc1ccccc1. The molecule has 3 aromatic rings. The first kappa shape index (κ1) is 26.0. The summed E-state index contributed by atoms with van der Waals surface area (Å²) in [6.07, 6.45) is 1.31. The summed E-state index contributed by atoms with van der Waals surface area (Å²) >= 11 is 0. The molecule has 1 atom stereocenters. The molecule has 3 aromatic carbocycles. The molecule has 0 aromatic heterocycles. The van der Waals surface area contributed by atoms with Crippen LogP contribution in [-0.4, -0.2) is 37.7 Å². The minimum atomic E-state index is -0.917. The lowest BCUT2D eigenvalue weighted by Gasteiger charge is -2.14. The van der Waals surface area contributed by atoms with Crippen molar-refractivity contribution in [2.45, 2.75) is 19.5 Å². The first-order valence-electron chi connectivity index (χ1n) is 11.3. The monoisotopic (exact) mass is 488 g/mol. The molecule has 0 bridgehead atoms. The fourth-order valence-corrected chi connectivity index (χ4v) is 3.23. The molecule has 9 heteroatoms. The molecule has 0 heterocycles. The number of ether oxygens (including phenoxy) is 2. The minimum absolute atomic E-state index is 0.250. The minimum Gasteiger partial charge on any atom is -0.493 e. The molecule has 0 aliphatic heterocycles. The summed E-state index contributed by atoms with van der Waals surface area (Å²) in [6, 6.07) is 23.5. The van der Waals surface area contributed by atoms with Gasteiger partial charge in [0, 0.05) is 12.1 Å². The Morgan fingerprint density at radius 2 is 1.61 bits per heavy atom. The number of benzene rings is 3. The Balaban J connectivity index is 1.56. The van der Waals surface area contributed by atoms with Gasteiger partial charge >= 0.3 is 11.8 Å². The van der Waals surface area contributed by atoms with Crippen LogP contribution in [-0.2, 0) is 20.9 Å². The van der Waals surface area contributed by atoms with Gasteiger partial charge in [-0.25, -0.2) is 5.43 Å². The van der Waals surface area contributed by atoms with Crippen LogP contribution in [0.4, 0.5) is 0 Å². The Morgan fingerprint density at radius 3 is 2.31 bits per heavy atom. The molecular weight excluding hydrogens is 460 g/mol. The maximum absolute atomic E-state index is 12.3. The van der Waals surface area contributed by atoms with Gasteiger partial charge in [0.2, 0.25) is 0 Å². The zero-order valence-electron chi connectivity index (χ0n) is 20.1. The Kier molecular flexibility index (Phi) is 9.58. The lowest BCUT2D eigenvalue weighted by atomic mass is 10.1. The first-order chi connectivity index (χ1) is 17.5. The zero-order valence-corrected chi connectivity index (χ0v) is 20.1. The second-order valence-corrected chi connectivity index (χ2v) is 7.73. The molecule has 3 rings (SSSR count). The molecule has 0 aliphatic rings. The van der Waals surface area contributed by atoms with E-state index in [9.17, 15) is 14.4 Å². The van der Waals surface area contributed by atoms with Crippen molar-refractivity contribution >= 4 is 23.9 Å². The maximum Gasteiger partial charge on any atom is 0.329 e. The lowest BCUT2D eigenvalue weighted by molar-refractivity contribution is -0.139. The summed E-state index contributed by atoms with van der Waals surface area (Å²) in [5, 5.41) is 9.26. The average Bonchev–Trinajstić information content (AvgIpc) is 2.91. The number of rotatable bonds is 10. The number of para-hydroxylation sites is 1. The van der Waals surface area contributed by atoms with E-state index >= 15 is 0 Å². The van der Waals surface area contributed by atoms with Gasteiger partial charge in [0.25, 0.3) is 5.91 Å². The molecule has 0 saturated carbocycles. The topological polar surface area (TPSA) is 118 Å². The molecule has 0 spiro atoms. The van der Waals surface area contributed by atoms with Crippen LogP contribution in [0.5, 0.6) is 11.5 Å². The van der Waals surface area contributed by atoms with Crippen molar-refractivity contribution in [3.8, 4) is 11.5 Å². The van der Waals surface area contributed by atoms with Crippen molar-refractivity contribution in [1.82, 2.24) is 16.1 Å². The Labute approximate surface area is 209 Å². The number of nitrogens with zero attached hydrogens (tertiary/aromatic N) is 1. The van der Waals surface area contributed by atoms with Gasteiger partial charge in [-0.3, -0.25) is 14.4 Å². The molecule has 0 radical (unpaired) electrons. The fraction of sp³-hybridized carbons (Fsp3) is 0.185. The second-order valence-electron chi connectivity index (χ2n) is 7.73. The van der Waals surface area contributed by atoms with Gasteiger partial charge in [-0.05, 0) is 30.2 Å². The summed E-state index contributed by atoms with van der Waals surface area (Å²) < 4.78 is 11.0. The van der Waals surface area contributed by atoms with E-state index in [0.29, 0.717) is 17.9 Å². The van der Waals surface area contributed by atoms with E-state index in [0.717, 1.165) is 11.1 Å². The third-order valence-corrected chi connectivity index (χ3v) is 5.13. The highest BCUT2D eigenvalue weighted by Crippen LogP contribution is 2.30. The van der Waals surface area contributed by atoms with E-state index in [2.05, 4.69) is 21.2 Å². The van der Waals surface area contributed by atoms with Crippen molar-refractivity contribution in [1.29, 1.82) is 0 Å². The van der Waals surface area contributed by atoms with Crippen LogP contribution in [0.25, 0.3) is 0 Å². The third-order valence-electron chi connectivity index (χ3n) is 5.13. The van der Waals surface area contributed by atoms with Gasteiger partial charge < -0.3 is 20.1 Å². The summed E-state index contributed by atoms with van der Waals surface area (Å²) in [5.41, 5.74) is 4.48.